The lowest BCUT2D eigenvalue weighted by Gasteiger charge is -2.01. The van der Waals surface area contributed by atoms with Gasteiger partial charge in [0.05, 0.1) is 16.6 Å². The third-order valence-electron chi connectivity index (χ3n) is 4.78. The predicted octanol–water partition coefficient (Wildman–Crippen LogP) is 3.16. The summed E-state index contributed by atoms with van der Waals surface area (Å²) in [6.45, 7) is 4.12. The first-order chi connectivity index (χ1) is 15.2. The van der Waals surface area contributed by atoms with Crippen molar-refractivity contribution in [1.29, 1.82) is 0 Å². The third-order valence-corrected chi connectivity index (χ3v) is 6.60. The molecule has 5 rings (SSSR count). The molecule has 0 saturated heterocycles. The molecule has 0 aliphatic carbocycles. The summed E-state index contributed by atoms with van der Waals surface area (Å²) in [7, 11) is 0. The Morgan fingerprint density at radius 2 is 1.90 bits per heavy atom. The van der Waals surface area contributed by atoms with Crippen LogP contribution in [0, 0.1) is 0 Å². The zero-order valence-corrected chi connectivity index (χ0v) is 17.9. The number of para-hydroxylation sites is 1. The Morgan fingerprint density at radius 1 is 1.13 bits per heavy atom. The van der Waals surface area contributed by atoms with Crippen LogP contribution in [-0.2, 0) is 11.3 Å². The maximum Gasteiger partial charge on any atom is 0.279 e. The molecule has 152 valence electrons. The standard InChI is InChI=1S/C23H16N4O2S2/c1-2-12-27-21(29)19(18-15-10-6-7-11-16(15)24-20(18)28)31-23(27)26-22-25-17(13-30-22)14-8-4-3-5-9-14/h2-11,13,29H,1,12H2/b26-23+. The van der Waals surface area contributed by atoms with Gasteiger partial charge in [0.25, 0.3) is 5.91 Å². The van der Waals surface area contributed by atoms with Gasteiger partial charge in [-0.05, 0) is 6.07 Å². The number of fused-ring (bicyclic) bond motifs is 1. The van der Waals surface area contributed by atoms with Gasteiger partial charge in [0.2, 0.25) is 11.0 Å². The maximum absolute atomic E-state index is 12.6. The van der Waals surface area contributed by atoms with Crippen LogP contribution in [0.5, 0.6) is 5.88 Å². The van der Waals surface area contributed by atoms with Crippen molar-refractivity contribution in [1.82, 2.24) is 9.55 Å². The smallest absolute Gasteiger partial charge is 0.279 e. The maximum atomic E-state index is 12.6. The second-order valence-electron chi connectivity index (χ2n) is 6.74. The summed E-state index contributed by atoms with van der Waals surface area (Å²) in [4.78, 5) is 27.0. The zero-order chi connectivity index (χ0) is 21.4. The fourth-order valence-corrected chi connectivity index (χ4v) is 5.21. The summed E-state index contributed by atoms with van der Waals surface area (Å²) in [6.07, 6.45) is 1.67. The molecule has 0 bridgehead atoms. The van der Waals surface area contributed by atoms with Crippen molar-refractivity contribution in [2.75, 3.05) is 0 Å². The van der Waals surface area contributed by atoms with Gasteiger partial charge in [-0.1, -0.05) is 65.9 Å². The lowest BCUT2D eigenvalue weighted by Crippen LogP contribution is -2.22. The van der Waals surface area contributed by atoms with Gasteiger partial charge in [0.15, 0.2) is 4.80 Å². The minimum atomic E-state index is -0.365. The molecule has 3 heterocycles. The van der Waals surface area contributed by atoms with Gasteiger partial charge in [-0.3, -0.25) is 9.36 Å². The van der Waals surface area contributed by atoms with Crippen LogP contribution < -0.4 is 15.4 Å². The topological polar surface area (TPSA) is 79.8 Å². The van der Waals surface area contributed by atoms with Crippen molar-refractivity contribution in [3.8, 4) is 17.1 Å². The second-order valence-corrected chi connectivity index (χ2v) is 8.55. The van der Waals surface area contributed by atoms with E-state index in [1.54, 1.807) is 16.7 Å². The highest BCUT2D eigenvalue weighted by atomic mass is 32.1. The van der Waals surface area contributed by atoms with Crippen molar-refractivity contribution in [2.45, 2.75) is 6.54 Å². The monoisotopic (exact) mass is 444 g/mol. The lowest BCUT2D eigenvalue weighted by atomic mass is 10.1. The van der Waals surface area contributed by atoms with Crippen LogP contribution >= 0.6 is 22.7 Å². The Balaban J connectivity index is 1.67. The Labute approximate surface area is 185 Å². The number of hydrogen-bond acceptors (Lipinski definition) is 6. The molecular formula is C23H16N4O2S2. The number of aromatic hydroxyl groups is 1. The van der Waals surface area contributed by atoms with Crippen LogP contribution in [-0.4, -0.2) is 20.6 Å². The highest BCUT2D eigenvalue weighted by Gasteiger charge is 2.25. The first kappa shape index (κ1) is 19.3. The zero-order valence-electron chi connectivity index (χ0n) is 16.2. The summed E-state index contributed by atoms with van der Waals surface area (Å²) < 4.78 is 1.62. The lowest BCUT2D eigenvalue weighted by molar-refractivity contribution is -0.112. The SMILES string of the molecule is C=CCn1c(O)c(C2=c3ccccc3=NC2=O)s/c1=N/c1nc(-c2ccccc2)cs1. The molecule has 8 heteroatoms. The van der Waals surface area contributed by atoms with Gasteiger partial charge >= 0.3 is 0 Å². The number of thiazole rings is 2. The third kappa shape index (κ3) is 3.45. The molecule has 2 aromatic carbocycles. The molecule has 0 unspecified atom stereocenters. The van der Waals surface area contributed by atoms with Gasteiger partial charge in [-0.25, -0.2) is 9.98 Å². The van der Waals surface area contributed by atoms with Crippen molar-refractivity contribution in [3.05, 3.63) is 92.9 Å². The number of amides is 1. The molecule has 0 radical (unpaired) electrons. The minimum absolute atomic E-state index is 0.0289. The summed E-state index contributed by atoms with van der Waals surface area (Å²) in [5.74, 6) is -0.394. The van der Waals surface area contributed by atoms with Crippen LogP contribution in [0.2, 0.25) is 0 Å². The molecule has 1 aliphatic heterocycles. The van der Waals surface area contributed by atoms with Crippen LogP contribution in [0.25, 0.3) is 16.8 Å². The van der Waals surface area contributed by atoms with Gasteiger partial charge in [-0.2, -0.15) is 4.99 Å². The van der Waals surface area contributed by atoms with E-state index in [1.165, 1.54) is 22.7 Å². The molecule has 1 amide bonds. The van der Waals surface area contributed by atoms with Crippen molar-refractivity contribution < 1.29 is 9.90 Å². The van der Waals surface area contributed by atoms with Gasteiger partial charge < -0.3 is 5.11 Å². The molecule has 6 nitrogen and oxygen atoms in total. The van der Waals surface area contributed by atoms with Crippen LogP contribution in [0.1, 0.15) is 4.88 Å². The van der Waals surface area contributed by atoms with Crippen molar-refractivity contribution >= 4 is 39.3 Å². The average Bonchev–Trinajstić information content (AvgIpc) is 3.46. The normalized spacial score (nSPS) is 13.4. The van der Waals surface area contributed by atoms with Gasteiger partial charge in [0.1, 0.15) is 4.88 Å². The fourth-order valence-electron chi connectivity index (χ4n) is 3.37. The van der Waals surface area contributed by atoms with E-state index in [2.05, 4.69) is 21.5 Å². The van der Waals surface area contributed by atoms with Crippen molar-refractivity contribution in [2.24, 2.45) is 9.98 Å². The van der Waals surface area contributed by atoms with Crippen molar-refractivity contribution in [3.63, 3.8) is 0 Å². The predicted molar refractivity (Wildman–Crippen MR) is 122 cm³/mol. The average molecular weight is 445 g/mol. The van der Waals surface area contributed by atoms with Gasteiger partial charge in [0, 0.05) is 22.7 Å². The number of carbonyl (C=O) groups excluding carboxylic acids is 1. The van der Waals surface area contributed by atoms with E-state index in [0.717, 1.165) is 11.3 Å². The summed E-state index contributed by atoms with van der Waals surface area (Å²) in [5.41, 5.74) is 2.24. The molecule has 0 fully saturated rings. The van der Waals surface area contributed by atoms with E-state index >= 15 is 0 Å². The molecule has 31 heavy (non-hydrogen) atoms. The van der Waals surface area contributed by atoms with Crippen LogP contribution in [0.15, 0.2) is 82.6 Å². The van der Waals surface area contributed by atoms with Crippen LogP contribution in [0.3, 0.4) is 0 Å². The molecule has 2 aromatic heterocycles. The van der Waals surface area contributed by atoms with E-state index in [0.29, 0.717) is 37.5 Å². The highest BCUT2D eigenvalue weighted by molar-refractivity contribution is 7.14. The minimum Gasteiger partial charge on any atom is -0.493 e. The van der Waals surface area contributed by atoms with E-state index in [1.807, 2.05) is 53.9 Å². The molecular weight excluding hydrogens is 428 g/mol. The molecule has 0 atom stereocenters. The number of nitrogens with zero attached hydrogens (tertiary/aromatic N) is 4. The Morgan fingerprint density at radius 3 is 2.71 bits per heavy atom. The number of hydrogen-bond donors (Lipinski definition) is 1. The molecule has 4 aromatic rings. The number of benzene rings is 2. The molecule has 0 saturated carbocycles. The largest absolute Gasteiger partial charge is 0.493 e. The number of allylic oxidation sites excluding steroid dienone is 1. The number of carbonyl (C=O) groups is 1. The fraction of sp³-hybridized carbons (Fsp3) is 0.0435. The Kier molecular flexibility index (Phi) is 4.93. The first-order valence-corrected chi connectivity index (χ1v) is 11.2. The van der Waals surface area contributed by atoms with E-state index in [4.69, 9.17) is 0 Å². The summed E-state index contributed by atoms with van der Waals surface area (Å²) >= 11 is 2.66. The summed E-state index contributed by atoms with van der Waals surface area (Å²) in [5, 5.41) is 14.8. The number of aromatic nitrogens is 2. The molecule has 1 aliphatic rings. The first-order valence-electron chi connectivity index (χ1n) is 9.47. The quantitative estimate of drug-likeness (QED) is 0.480. The van der Waals surface area contributed by atoms with Crippen LogP contribution in [0.4, 0.5) is 5.13 Å². The van der Waals surface area contributed by atoms with E-state index in [9.17, 15) is 9.90 Å². The molecule has 1 N–H and O–H groups in total. The Hall–Kier alpha value is -3.62. The molecule has 0 spiro atoms. The second kappa shape index (κ2) is 7.90. The van der Waals surface area contributed by atoms with E-state index in [-0.39, 0.29) is 11.8 Å². The number of rotatable bonds is 5. The van der Waals surface area contributed by atoms with Gasteiger partial charge in [-0.15, -0.1) is 17.9 Å². The summed E-state index contributed by atoms with van der Waals surface area (Å²) in [6, 6.07) is 17.2. The Bertz CT molecular complexity index is 1510. The van der Waals surface area contributed by atoms with E-state index < -0.39 is 0 Å². The highest BCUT2D eigenvalue weighted by Crippen LogP contribution is 2.30.